The van der Waals surface area contributed by atoms with E-state index in [1.54, 1.807) is 17.6 Å². The summed E-state index contributed by atoms with van der Waals surface area (Å²) in [6, 6.07) is 15.6. The average molecular weight is 273 g/mol. The molecule has 0 spiro atoms. The van der Waals surface area contributed by atoms with E-state index < -0.39 is 0 Å². The van der Waals surface area contributed by atoms with Gasteiger partial charge in [0.05, 0.1) is 10.2 Å². The topological polar surface area (TPSA) is 25.2 Å². The third-order valence-corrected chi connectivity index (χ3v) is 3.79. The Kier molecular flexibility index (Phi) is 3.09. The number of halogens is 1. The number of para-hydroxylation sites is 1. The van der Waals surface area contributed by atoms with Crippen molar-refractivity contribution >= 4 is 44.5 Å². The van der Waals surface area contributed by atoms with Crippen LogP contribution in [0.2, 0.25) is 5.02 Å². The Hall–Kier alpha value is -1.71. The van der Waals surface area contributed by atoms with Crippen molar-refractivity contribution in [2.45, 2.75) is 0 Å². The van der Waals surface area contributed by atoms with Crippen molar-refractivity contribution in [3.8, 4) is 0 Å². The highest BCUT2D eigenvalue weighted by molar-refractivity contribution is 7.22. The Bertz CT molecular complexity index is 685. The molecule has 2 aromatic carbocycles. The predicted molar refractivity (Wildman–Crippen MR) is 78.3 cm³/mol. The molecule has 0 bridgehead atoms. The summed E-state index contributed by atoms with van der Waals surface area (Å²) in [5.41, 5.74) is 1.88. The lowest BCUT2D eigenvalue weighted by Gasteiger charge is -1.94. The van der Waals surface area contributed by atoms with E-state index in [1.165, 1.54) is 0 Å². The molecule has 0 fully saturated rings. The molecule has 2 nitrogen and oxygen atoms in total. The van der Waals surface area contributed by atoms with Gasteiger partial charge in [-0.05, 0) is 18.2 Å². The van der Waals surface area contributed by atoms with E-state index in [0.29, 0.717) is 5.02 Å². The van der Waals surface area contributed by atoms with Gasteiger partial charge in [-0.2, -0.15) is 0 Å². The molecule has 4 heteroatoms. The highest BCUT2D eigenvalue weighted by Gasteiger charge is 2.01. The molecule has 0 N–H and O–H groups in total. The van der Waals surface area contributed by atoms with Gasteiger partial charge in [-0.3, -0.25) is 0 Å². The van der Waals surface area contributed by atoms with Gasteiger partial charge in [0.15, 0.2) is 0 Å². The van der Waals surface area contributed by atoms with E-state index >= 15 is 0 Å². The second-order valence-corrected chi connectivity index (χ2v) is 5.16. The molecular formula is C14H9ClN2S. The van der Waals surface area contributed by atoms with Crippen LogP contribution in [0.3, 0.4) is 0 Å². The van der Waals surface area contributed by atoms with Crippen molar-refractivity contribution in [3.63, 3.8) is 0 Å². The molecule has 88 valence electrons. The van der Waals surface area contributed by atoms with Crippen LogP contribution in [-0.4, -0.2) is 11.2 Å². The first kappa shape index (κ1) is 11.4. The maximum Gasteiger partial charge on any atom is 0.210 e. The molecule has 1 heterocycles. The first-order valence-corrected chi connectivity index (χ1v) is 6.66. The molecule has 18 heavy (non-hydrogen) atoms. The molecule has 0 unspecified atom stereocenters. The minimum Gasteiger partial charge on any atom is -0.227 e. The van der Waals surface area contributed by atoms with Crippen molar-refractivity contribution in [3.05, 3.63) is 59.1 Å². The number of rotatable bonds is 2. The Morgan fingerprint density at radius 1 is 1.06 bits per heavy atom. The van der Waals surface area contributed by atoms with Crippen molar-refractivity contribution < 1.29 is 0 Å². The van der Waals surface area contributed by atoms with Crippen LogP contribution in [-0.2, 0) is 0 Å². The minimum absolute atomic E-state index is 0.697. The molecule has 0 aliphatic rings. The fourth-order valence-corrected chi connectivity index (χ4v) is 2.62. The molecule has 0 atom stereocenters. The number of thiazole rings is 1. The number of nitrogens with zero attached hydrogens (tertiary/aromatic N) is 2. The highest BCUT2D eigenvalue weighted by Crippen LogP contribution is 2.27. The maximum atomic E-state index is 6.06. The molecule has 3 aromatic rings. The van der Waals surface area contributed by atoms with E-state index in [4.69, 9.17) is 11.6 Å². The molecule has 3 rings (SSSR count). The van der Waals surface area contributed by atoms with Gasteiger partial charge in [0.2, 0.25) is 5.13 Å². The number of aromatic nitrogens is 1. The van der Waals surface area contributed by atoms with E-state index in [9.17, 15) is 0 Å². The summed E-state index contributed by atoms with van der Waals surface area (Å²) in [6.07, 6.45) is 1.75. The van der Waals surface area contributed by atoms with Crippen molar-refractivity contribution in [2.24, 2.45) is 4.99 Å². The molecule has 0 saturated heterocycles. The summed E-state index contributed by atoms with van der Waals surface area (Å²) in [4.78, 5) is 8.81. The highest BCUT2D eigenvalue weighted by atomic mass is 35.5. The van der Waals surface area contributed by atoms with Gasteiger partial charge in [0.25, 0.3) is 0 Å². The quantitative estimate of drug-likeness (QED) is 0.621. The summed E-state index contributed by atoms with van der Waals surface area (Å²) in [6.45, 7) is 0. The van der Waals surface area contributed by atoms with Crippen LogP contribution in [0.25, 0.3) is 10.2 Å². The SMILES string of the molecule is Clc1ccccc1C=Nc1nc2ccccc2s1. The van der Waals surface area contributed by atoms with Crippen LogP contribution in [0.1, 0.15) is 5.56 Å². The van der Waals surface area contributed by atoms with E-state index in [0.717, 1.165) is 20.9 Å². The molecule has 0 radical (unpaired) electrons. The number of benzene rings is 2. The van der Waals surface area contributed by atoms with Crippen molar-refractivity contribution in [1.29, 1.82) is 0 Å². The van der Waals surface area contributed by atoms with Gasteiger partial charge < -0.3 is 0 Å². The lowest BCUT2D eigenvalue weighted by atomic mass is 10.2. The van der Waals surface area contributed by atoms with Gasteiger partial charge >= 0.3 is 0 Å². The van der Waals surface area contributed by atoms with Crippen LogP contribution in [0, 0.1) is 0 Å². The van der Waals surface area contributed by atoms with Crippen molar-refractivity contribution in [2.75, 3.05) is 0 Å². The second kappa shape index (κ2) is 4.88. The van der Waals surface area contributed by atoms with Crippen molar-refractivity contribution in [1.82, 2.24) is 4.98 Å². The average Bonchev–Trinajstić information content (AvgIpc) is 2.80. The molecule has 1 aromatic heterocycles. The van der Waals surface area contributed by atoms with Crippen LogP contribution in [0.5, 0.6) is 0 Å². The Labute approximate surface area is 114 Å². The Morgan fingerprint density at radius 3 is 2.67 bits per heavy atom. The van der Waals surface area contributed by atoms with Crippen LogP contribution in [0.4, 0.5) is 5.13 Å². The number of aliphatic imine (C=N–C) groups is 1. The zero-order valence-electron chi connectivity index (χ0n) is 9.38. The third kappa shape index (κ3) is 2.28. The first-order valence-electron chi connectivity index (χ1n) is 5.47. The van der Waals surface area contributed by atoms with E-state index in [-0.39, 0.29) is 0 Å². The van der Waals surface area contributed by atoms with Gasteiger partial charge in [0, 0.05) is 16.8 Å². The summed E-state index contributed by atoms with van der Waals surface area (Å²) in [7, 11) is 0. The smallest absolute Gasteiger partial charge is 0.210 e. The van der Waals surface area contributed by atoms with E-state index in [1.807, 2.05) is 48.5 Å². The standard InChI is InChI=1S/C14H9ClN2S/c15-11-6-2-1-5-10(11)9-16-14-17-12-7-3-4-8-13(12)18-14/h1-9H. The zero-order valence-corrected chi connectivity index (χ0v) is 10.9. The monoisotopic (exact) mass is 272 g/mol. The van der Waals surface area contributed by atoms with Gasteiger partial charge in [0.1, 0.15) is 0 Å². The fraction of sp³-hybridized carbons (Fsp3) is 0. The fourth-order valence-electron chi connectivity index (χ4n) is 1.62. The molecular weight excluding hydrogens is 264 g/mol. The van der Waals surface area contributed by atoms with Gasteiger partial charge in [-0.1, -0.05) is 53.3 Å². The lowest BCUT2D eigenvalue weighted by Crippen LogP contribution is -1.80. The predicted octanol–water partition coefficient (Wildman–Crippen LogP) is 4.70. The van der Waals surface area contributed by atoms with Gasteiger partial charge in [-0.15, -0.1) is 0 Å². The molecule has 0 saturated carbocycles. The first-order chi connectivity index (χ1) is 8.83. The third-order valence-electron chi connectivity index (χ3n) is 2.50. The zero-order chi connectivity index (χ0) is 12.4. The van der Waals surface area contributed by atoms with E-state index in [2.05, 4.69) is 9.98 Å². The minimum atomic E-state index is 0.697. The lowest BCUT2D eigenvalue weighted by molar-refractivity contribution is 1.41. The molecule has 0 amide bonds. The second-order valence-electron chi connectivity index (χ2n) is 3.74. The van der Waals surface area contributed by atoms with Crippen LogP contribution >= 0.6 is 22.9 Å². The Balaban J connectivity index is 1.95. The number of fused-ring (bicyclic) bond motifs is 1. The summed E-state index contributed by atoms with van der Waals surface area (Å²) in [5.74, 6) is 0. The summed E-state index contributed by atoms with van der Waals surface area (Å²) in [5, 5.41) is 1.44. The molecule has 0 aliphatic heterocycles. The summed E-state index contributed by atoms with van der Waals surface area (Å²) >= 11 is 7.63. The number of hydrogen-bond acceptors (Lipinski definition) is 3. The van der Waals surface area contributed by atoms with Crippen LogP contribution in [0.15, 0.2) is 53.5 Å². The van der Waals surface area contributed by atoms with Gasteiger partial charge in [-0.25, -0.2) is 9.98 Å². The van der Waals surface area contributed by atoms with Crippen LogP contribution < -0.4 is 0 Å². The Morgan fingerprint density at radius 2 is 1.83 bits per heavy atom. The normalized spacial score (nSPS) is 11.4. The largest absolute Gasteiger partial charge is 0.227 e. The number of hydrogen-bond donors (Lipinski definition) is 0. The maximum absolute atomic E-state index is 6.06. The summed E-state index contributed by atoms with van der Waals surface area (Å²) < 4.78 is 1.14. The molecule has 0 aliphatic carbocycles.